The minimum Gasteiger partial charge on any atom is -0.465 e. The molecule has 0 spiro atoms. The summed E-state index contributed by atoms with van der Waals surface area (Å²) in [6, 6.07) is -0.288. The second-order valence-corrected chi connectivity index (χ2v) is 4.26. The van der Waals surface area contributed by atoms with E-state index in [2.05, 4.69) is 12.2 Å². The van der Waals surface area contributed by atoms with Crippen molar-refractivity contribution in [3.63, 3.8) is 0 Å². The van der Waals surface area contributed by atoms with Gasteiger partial charge in [-0.25, -0.2) is 0 Å². The Morgan fingerprint density at radius 3 is 2.30 bits per heavy atom. The van der Waals surface area contributed by atoms with Gasteiger partial charge < -0.3 is 24.3 Å². The molecule has 0 heterocycles. The second kappa shape index (κ2) is 14.7. The molecule has 120 valence electrons. The summed E-state index contributed by atoms with van der Waals surface area (Å²) in [7, 11) is 1.64. The van der Waals surface area contributed by atoms with E-state index in [1.165, 1.54) is 0 Å². The van der Waals surface area contributed by atoms with Crippen molar-refractivity contribution in [2.45, 2.75) is 32.7 Å². The largest absolute Gasteiger partial charge is 0.465 e. The van der Waals surface area contributed by atoms with Crippen LogP contribution in [0.5, 0.6) is 0 Å². The molecular formula is C14H29NO5. The van der Waals surface area contributed by atoms with Crippen LogP contribution in [0.25, 0.3) is 0 Å². The fourth-order valence-corrected chi connectivity index (χ4v) is 1.53. The maximum absolute atomic E-state index is 11.7. The molecule has 0 bridgehead atoms. The summed E-state index contributed by atoms with van der Waals surface area (Å²) in [6.45, 7) is 7.79. The zero-order chi connectivity index (χ0) is 15.1. The summed E-state index contributed by atoms with van der Waals surface area (Å²) in [6.07, 6.45) is 1.58. The lowest BCUT2D eigenvalue weighted by atomic mass is 10.2. The van der Waals surface area contributed by atoms with E-state index in [4.69, 9.17) is 18.9 Å². The first-order valence-electron chi connectivity index (χ1n) is 7.30. The van der Waals surface area contributed by atoms with Gasteiger partial charge in [0.1, 0.15) is 6.04 Å². The number of nitrogens with one attached hydrogen (secondary N) is 1. The van der Waals surface area contributed by atoms with Crippen molar-refractivity contribution in [2.75, 3.05) is 53.3 Å². The van der Waals surface area contributed by atoms with Crippen LogP contribution >= 0.6 is 0 Å². The van der Waals surface area contributed by atoms with Crippen molar-refractivity contribution in [3.8, 4) is 0 Å². The first-order valence-corrected chi connectivity index (χ1v) is 7.30. The average molecular weight is 291 g/mol. The average Bonchev–Trinajstić information content (AvgIpc) is 2.45. The van der Waals surface area contributed by atoms with E-state index in [0.717, 1.165) is 13.0 Å². The third kappa shape index (κ3) is 11.2. The van der Waals surface area contributed by atoms with Gasteiger partial charge in [-0.3, -0.25) is 4.79 Å². The Kier molecular flexibility index (Phi) is 14.2. The SMILES string of the molecule is CCCNC(CCOCCOCCOC)C(=O)OCC. The first kappa shape index (κ1) is 19.3. The van der Waals surface area contributed by atoms with Crippen molar-refractivity contribution >= 4 is 5.97 Å². The van der Waals surface area contributed by atoms with Gasteiger partial charge in [-0.1, -0.05) is 6.92 Å². The van der Waals surface area contributed by atoms with Crippen molar-refractivity contribution in [1.82, 2.24) is 5.32 Å². The van der Waals surface area contributed by atoms with E-state index < -0.39 is 0 Å². The highest BCUT2D eigenvalue weighted by Crippen LogP contribution is 1.98. The van der Waals surface area contributed by atoms with E-state index in [1.807, 2.05) is 6.92 Å². The van der Waals surface area contributed by atoms with E-state index in [1.54, 1.807) is 7.11 Å². The lowest BCUT2D eigenvalue weighted by Gasteiger charge is -2.16. The molecule has 0 aliphatic rings. The third-order valence-corrected chi connectivity index (χ3v) is 2.57. The minimum atomic E-state index is -0.288. The Morgan fingerprint density at radius 1 is 1.05 bits per heavy atom. The Hall–Kier alpha value is -0.690. The zero-order valence-corrected chi connectivity index (χ0v) is 13.0. The van der Waals surface area contributed by atoms with Crippen LogP contribution in [0.1, 0.15) is 26.7 Å². The van der Waals surface area contributed by atoms with Gasteiger partial charge in [-0.15, -0.1) is 0 Å². The van der Waals surface area contributed by atoms with Crippen LogP contribution in [0.4, 0.5) is 0 Å². The molecule has 0 aliphatic heterocycles. The van der Waals surface area contributed by atoms with Crippen LogP contribution in [0, 0.1) is 0 Å². The van der Waals surface area contributed by atoms with Crippen LogP contribution in [-0.4, -0.2) is 65.3 Å². The highest BCUT2D eigenvalue weighted by Gasteiger charge is 2.18. The van der Waals surface area contributed by atoms with Gasteiger partial charge in [0.25, 0.3) is 0 Å². The summed E-state index contributed by atoms with van der Waals surface area (Å²) in [5.41, 5.74) is 0. The van der Waals surface area contributed by atoms with Crippen LogP contribution in [0.2, 0.25) is 0 Å². The summed E-state index contributed by atoms with van der Waals surface area (Å²) >= 11 is 0. The third-order valence-electron chi connectivity index (χ3n) is 2.57. The number of hydrogen-bond acceptors (Lipinski definition) is 6. The fraction of sp³-hybridized carbons (Fsp3) is 0.929. The van der Waals surface area contributed by atoms with Crippen molar-refractivity contribution in [1.29, 1.82) is 0 Å². The maximum atomic E-state index is 11.7. The molecule has 0 aromatic heterocycles. The van der Waals surface area contributed by atoms with Gasteiger partial charge in [0.05, 0.1) is 33.0 Å². The van der Waals surface area contributed by atoms with E-state index in [9.17, 15) is 4.79 Å². The maximum Gasteiger partial charge on any atom is 0.323 e. The van der Waals surface area contributed by atoms with E-state index >= 15 is 0 Å². The summed E-state index contributed by atoms with van der Waals surface area (Å²) in [5.74, 6) is -0.208. The summed E-state index contributed by atoms with van der Waals surface area (Å²) < 4.78 is 20.6. The molecule has 0 fully saturated rings. The molecule has 0 aromatic carbocycles. The fourth-order valence-electron chi connectivity index (χ4n) is 1.53. The lowest BCUT2D eigenvalue weighted by Crippen LogP contribution is -2.39. The van der Waals surface area contributed by atoms with Gasteiger partial charge in [0.15, 0.2) is 0 Å². The smallest absolute Gasteiger partial charge is 0.323 e. The number of rotatable bonds is 14. The van der Waals surface area contributed by atoms with E-state index in [-0.39, 0.29) is 12.0 Å². The Balaban J connectivity index is 3.65. The monoisotopic (exact) mass is 291 g/mol. The summed E-state index contributed by atoms with van der Waals surface area (Å²) in [5, 5.41) is 3.17. The molecule has 1 N–H and O–H groups in total. The number of ether oxygens (including phenoxy) is 4. The molecule has 0 rings (SSSR count). The molecule has 6 heteroatoms. The Bertz CT molecular complexity index is 226. The molecular weight excluding hydrogens is 262 g/mol. The molecule has 20 heavy (non-hydrogen) atoms. The van der Waals surface area contributed by atoms with E-state index in [0.29, 0.717) is 46.1 Å². The Morgan fingerprint density at radius 2 is 1.70 bits per heavy atom. The highest BCUT2D eigenvalue weighted by atomic mass is 16.5. The van der Waals surface area contributed by atoms with Crippen molar-refractivity contribution in [3.05, 3.63) is 0 Å². The first-order chi connectivity index (χ1) is 9.76. The van der Waals surface area contributed by atoms with Crippen LogP contribution in [0.3, 0.4) is 0 Å². The molecule has 0 saturated carbocycles. The van der Waals surface area contributed by atoms with Gasteiger partial charge in [0, 0.05) is 13.7 Å². The molecule has 0 aliphatic carbocycles. The van der Waals surface area contributed by atoms with Crippen LogP contribution in [0.15, 0.2) is 0 Å². The van der Waals surface area contributed by atoms with Crippen LogP contribution < -0.4 is 5.32 Å². The van der Waals surface area contributed by atoms with Gasteiger partial charge in [-0.2, -0.15) is 0 Å². The molecule has 1 atom stereocenters. The van der Waals surface area contributed by atoms with Gasteiger partial charge in [0.2, 0.25) is 0 Å². The zero-order valence-electron chi connectivity index (χ0n) is 13.0. The molecule has 6 nitrogen and oxygen atoms in total. The predicted octanol–water partition coefficient (Wildman–Crippen LogP) is 0.987. The highest BCUT2D eigenvalue weighted by molar-refractivity contribution is 5.75. The molecule has 0 saturated heterocycles. The normalized spacial score (nSPS) is 12.3. The summed E-state index contributed by atoms with van der Waals surface area (Å²) in [4.78, 5) is 11.7. The number of carbonyl (C=O) groups is 1. The number of hydrogen-bond donors (Lipinski definition) is 1. The molecule has 0 amide bonds. The Labute approximate surface area is 122 Å². The van der Waals surface area contributed by atoms with Gasteiger partial charge in [-0.05, 0) is 26.3 Å². The predicted molar refractivity (Wildman–Crippen MR) is 76.8 cm³/mol. The molecule has 1 unspecified atom stereocenters. The number of methoxy groups -OCH3 is 1. The van der Waals surface area contributed by atoms with Gasteiger partial charge >= 0.3 is 5.97 Å². The lowest BCUT2D eigenvalue weighted by molar-refractivity contribution is -0.146. The standard InChI is InChI=1S/C14H29NO5/c1-4-7-15-13(14(16)20-5-2)6-8-18-11-12-19-10-9-17-3/h13,15H,4-12H2,1-3H3. The van der Waals surface area contributed by atoms with Crippen LogP contribution in [-0.2, 0) is 23.7 Å². The van der Waals surface area contributed by atoms with Crippen molar-refractivity contribution < 1.29 is 23.7 Å². The number of esters is 1. The molecule has 0 radical (unpaired) electrons. The number of carbonyl (C=O) groups excluding carboxylic acids is 1. The topological polar surface area (TPSA) is 66.0 Å². The molecule has 0 aromatic rings. The second-order valence-electron chi connectivity index (χ2n) is 4.26. The quantitative estimate of drug-likeness (QED) is 0.380. The minimum absolute atomic E-state index is 0.208. The van der Waals surface area contributed by atoms with Crippen molar-refractivity contribution in [2.24, 2.45) is 0 Å².